The summed E-state index contributed by atoms with van der Waals surface area (Å²) in [6.45, 7) is 4.26. The number of ether oxygens (including phenoxy) is 1. The number of hydrogen-bond donors (Lipinski definition) is 12. The van der Waals surface area contributed by atoms with Crippen molar-refractivity contribution < 1.29 is 81.9 Å². The summed E-state index contributed by atoms with van der Waals surface area (Å²) in [5.41, 5.74) is 17.6. The first-order chi connectivity index (χ1) is 41.2. The second-order valence-electron chi connectivity index (χ2n) is 22.0. The fraction of sp³-hybridized carbons (Fsp3) is 0.536. The summed E-state index contributed by atoms with van der Waals surface area (Å²) >= 11 is 3.86. The molecule has 2 radical (unpaired) electrons. The molecule has 0 spiro atoms. The number of thiol groups is 1. The number of aliphatic carboxylic acids is 2. The number of nitrogens with zero attached hydrogens (tertiary/aromatic N) is 3. The van der Waals surface area contributed by atoms with Gasteiger partial charge in [-0.15, -0.1) is 0 Å². The molecule has 472 valence electrons. The zero-order valence-electron chi connectivity index (χ0n) is 48.7. The quantitative estimate of drug-likeness (QED) is 0.00828. The highest BCUT2D eigenvalue weighted by Crippen LogP contribution is 2.38. The van der Waals surface area contributed by atoms with Crippen molar-refractivity contribution in [2.24, 2.45) is 33.5 Å². The third-order valence-corrected chi connectivity index (χ3v) is 14.8. The number of carbonyl (C=O) groups excluding carboxylic acids is 11. The highest BCUT2D eigenvalue weighted by atomic mass is 32.1. The van der Waals surface area contributed by atoms with Gasteiger partial charge in [0.2, 0.25) is 23.6 Å². The second-order valence-corrected chi connectivity index (χ2v) is 22.3. The molecular weight excluding hydrogens is 1160 g/mol. The van der Waals surface area contributed by atoms with Crippen molar-refractivity contribution in [3.05, 3.63) is 54.1 Å². The Morgan fingerprint density at radius 3 is 2.07 bits per heavy atom. The predicted octanol–water partition coefficient (Wildman–Crippen LogP) is -0.0948. The van der Waals surface area contributed by atoms with Crippen molar-refractivity contribution in [2.75, 3.05) is 47.1 Å². The number of urea groups is 1. The van der Waals surface area contributed by atoms with Gasteiger partial charge in [-0.05, 0) is 62.8 Å². The second kappa shape index (κ2) is 34.5. The fourth-order valence-corrected chi connectivity index (χ4v) is 9.77. The summed E-state index contributed by atoms with van der Waals surface area (Å²) in [7, 11) is 5.06. The smallest absolute Gasteiger partial charge is 0.378 e. The van der Waals surface area contributed by atoms with Gasteiger partial charge in [0.1, 0.15) is 30.8 Å². The molecule has 87 heavy (non-hydrogen) atoms. The monoisotopic (exact) mass is 1230 g/mol. The van der Waals surface area contributed by atoms with Gasteiger partial charge in [-0.25, -0.2) is 9.59 Å². The van der Waals surface area contributed by atoms with E-state index in [4.69, 9.17) is 25.3 Å². The lowest BCUT2D eigenvalue weighted by Crippen LogP contribution is -2.56. The number of Topliss-reactive ketones (excluding diaryl/α,β-unsaturated/α-hetero) is 3. The number of guanidine groups is 1. The van der Waals surface area contributed by atoms with Crippen LogP contribution in [0.3, 0.4) is 0 Å². The van der Waals surface area contributed by atoms with Crippen molar-refractivity contribution >= 4 is 121 Å². The molecule has 29 nitrogen and oxygen atoms in total. The molecule has 0 aromatic heterocycles. The Hall–Kier alpha value is -8.61. The van der Waals surface area contributed by atoms with Gasteiger partial charge in [-0.3, -0.25) is 57.7 Å². The Bertz CT molecular complexity index is 2860. The average molecular weight is 1230 g/mol. The maximum atomic E-state index is 14.5. The van der Waals surface area contributed by atoms with Gasteiger partial charge < -0.3 is 78.5 Å². The SMILES string of the molecule is [B]OC(=O)C[C@@H](NC(=O)[C@H](CCCN=C(N)N)NC(=O)[C@H](CCC(=O)O)CC(=O)c1cccc(NC(=O)N[C@@H]2CN(C3CCCCC3)c3ccccc3N(CC(=O)C(C)(C)C)C2=O)c1)C(=O)CC[C@H](N)C(=O)N[C@@H](COC=O)C(=O)N[C@@H](CS)C(=O)O. The summed E-state index contributed by atoms with van der Waals surface area (Å²) < 4.78 is 8.83. The number of hydrogen-bond acceptors (Lipinski definition) is 19. The number of fused-ring (bicyclic) bond motifs is 1. The van der Waals surface area contributed by atoms with Gasteiger partial charge in [0, 0.05) is 66.7 Å². The molecule has 2 aromatic rings. The number of nitrogens with one attached hydrogen (secondary N) is 6. The normalized spacial score (nSPS) is 16.2. The van der Waals surface area contributed by atoms with Crippen LogP contribution in [0.4, 0.5) is 21.9 Å². The van der Waals surface area contributed by atoms with Crippen LogP contribution in [0.5, 0.6) is 0 Å². The van der Waals surface area contributed by atoms with Crippen molar-refractivity contribution in [1.29, 1.82) is 0 Å². The Labute approximate surface area is 509 Å². The number of rotatable bonds is 34. The van der Waals surface area contributed by atoms with Crippen LogP contribution < -0.4 is 58.9 Å². The molecule has 1 aliphatic carbocycles. The van der Waals surface area contributed by atoms with E-state index in [-0.39, 0.29) is 73.7 Å². The molecule has 0 unspecified atom stereocenters. The van der Waals surface area contributed by atoms with Crippen molar-refractivity contribution in [3.8, 4) is 0 Å². The fourth-order valence-electron chi connectivity index (χ4n) is 9.52. The maximum Gasteiger partial charge on any atom is 0.378 e. The minimum Gasteiger partial charge on any atom is -0.543 e. The molecule has 7 amide bonds. The van der Waals surface area contributed by atoms with Crippen LogP contribution in [0.1, 0.15) is 115 Å². The molecule has 7 atom stereocenters. The van der Waals surface area contributed by atoms with Crippen molar-refractivity contribution in [2.45, 2.75) is 147 Å². The molecule has 0 bridgehead atoms. The van der Waals surface area contributed by atoms with Crippen LogP contribution in [0, 0.1) is 11.3 Å². The Morgan fingerprint density at radius 1 is 0.805 bits per heavy atom. The molecule has 1 saturated carbocycles. The van der Waals surface area contributed by atoms with Crippen LogP contribution in [0.2, 0.25) is 0 Å². The topological polar surface area (TPSA) is 450 Å². The van der Waals surface area contributed by atoms with E-state index >= 15 is 0 Å². The van der Waals surface area contributed by atoms with E-state index in [1.807, 2.05) is 12.1 Å². The molecular formula is C56H77BN12O17S. The first-order valence-corrected chi connectivity index (χ1v) is 28.8. The summed E-state index contributed by atoms with van der Waals surface area (Å²) in [6.07, 6.45) is 0.839. The molecule has 2 aromatic carbocycles. The Kier molecular flexibility index (Phi) is 28.1. The third kappa shape index (κ3) is 22.6. The third-order valence-electron chi connectivity index (χ3n) is 14.4. The van der Waals surface area contributed by atoms with E-state index < -0.39 is 158 Å². The van der Waals surface area contributed by atoms with Gasteiger partial charge in [0.05, 0.1) is 36.4 Å². The van der Waals surface area contributed by atoms with E-state index in [0.717, 1.165) is 37.8 Å². The van der Waals surface area contributed by atoms with Crippen molar-refractivity contribution in [1.82, 2.24) is 26.6 Å². The lowest BCUT2D eigenvalue weighted by atomic mass is 9.90. The summed E-state index contributed by atoms with van der Waals surface area (Å²) in [4.78, 5) is 178. The van der Waals surface area contributed by atoms with Crippen LogP contribution in [0.25, 0.3) is 0 Å². The minimum atomic E-state index is -1.75. The number of carboxylic acid groups (broad SMARTS) is 2. The maximum absolute atomic E-state index is 14.5. The zero-order valence-corrected chi connectivity index (χ0v) is 49.6. The van der Waals surface area contributed by atoms with Crippen molar-refractivity contribution in [3.63, 3.8) is 0 Å². The highest BCUT2D eigenvalue weighted by Gasteiger charge is 2.40. The number of ketones is 3. The first-order valence-electron chi connectivity index (χ1n) is 28.1. The summed E-state index contributed by atoms with van der Waals surface area (Å²) in [5, 5.41) is 33.6. The first kappa shape index (κ1) is 70.9. The van der Waals surface area contributed by atoms with Gasteiger partial charge in [0.15, 0.2) is 23.3 Å². The van der Waals surface area contributed by atoms with Crippen LogP contribution in [-0.4, -0.2) is 176 Å². The highest BCUT2D eigenvalue weighted by molar-refractivity contribution is 7.80. The zero-order chi connectivity index (χ0) is 64.5. The van der Waals surface area contributed by atoms with Gasteiger partial charge in [-0.2, -0.15) is 12.6 Å². The van der Waals surface area contributed by atoms with Gasteiger partial charge >= 0.3 is 26.0 Å². The van der Waals surface area contributed by atoms with E-state index in [2.05, 4.69) is 63.8 Å². The Balaban J connectivity index is 1.53. The largest absolute Gasteiger partial charge is 0.543 e. The van der Waals surface area contributed by atoms with E-state index in [1.54, 1.807) is 32.9 Å². The molecule has 2 aliphatic rings. The predicted molar refractivity (Wildman–Crippen MR) is 319 cm³/mol. The standard InChI is InChI=1S/C56H77BN12O17S/c1-56(2,3)45(73)27-69-42-17-8-7-16-41(42)68(34-13-5-4-6-14-34)26-38(52(69)81)67-55(84)62-33-12-9-11-31(23-33)44(72)24-32(18-21-46(74)75)48(77)63-36(15-10-22-61-54(59)60)50(79)64-37(25-47(76)86-57)43(71)20-19-35(58)49(78)65-39(28-85-30-70)51(80)66-40(29-87)53(82)83/h7-9,11-12,16-17,23,30,32,34-40,87H,4-6,10,13-15,18-22,24-29,58H2,1-3H3,(H,63,77)(H,64,79)(H,65,78)(H,66,80)(H,74,75)(H,82,83)(H4,59,60,61)(H2,62,67,84)/t32-,35+,36+,37-,38-,39+,40+/m1/s1. The number of nitrogens with two attached hydrogens (primary N) is 3. The van der Waals surface area contributed by atoms with E-state index in [0.29, 0.717) is 5.69 Å². The number of carboxylic acids is 2. The number of carbonyl (C=O) groups is 13. The summed E-state index contributed by atoms with van der Waals surface area (Å²) in [6, 6.07) is 3.00. The average Bonchev–Trinajstić information content (AvgIpc) is 2.49. The summed E-state index contributed by atoms with van der Waals surface area (Å²) in [5.74, 6) is -12.6. The molecule has 0 saturated heterocycles. The number of anilines is 3. The molecule has 1 heterocycles. The van der Waals surface area contributed by atoms with Crippen LogP contribution in [0.15, 0.2) is 53.5 Å². The molecule has 14 N–H and O–H groups in total. The molecule has 1 fully saturated rings. The Morgan fingerprint density at radius 2 is 1.45 bits per heavy atom. The van der Waals surface area contributed by atoms with Gasteiger partial charge in [0.25, 0.3) is 18.3 Å². The number of benzene rings is 2. The lowest BCUT2D eigenvalue weighted by molar-refractivity contribution is -0.142. The van der Waals surface area contributed by atoms with Gasteiger partial charge in [-0.1, -0.05) is 64.3 Å². The number of aliphatic imine (C=N–C) groups is 1. The number of amides is 7. The number of para-hydroxylation sites is 2. The lowest BCUT2D eigenvalue weighted by Gasteiger charge is -2.37. The van der Waals surface area contributed by atoms with Crippen LogP contribution in [-0.2, 0) is 62.1 Å². The minimum absolute atomic E-state index is 0.00868. The molecule has 1 aliphatic heterocycles. The molecule has 4 rings (SSSR count). The molecule has 31 heteroatoms. The van der Waals surface area contributed by atoms with E-state index in [1.165, 1.54) is 29.2 Å². The van der Waals surface area contributed by atoms with E-state index in [9.17, 15) is 72.5 Å². The van der Waals surface area contributed by atoms with Crippen LogP contribution >= 0.6 is 12.6 Å².